The van der Waals surface area contributed by atoms with Crippen molar-refractivity contribution in [3.63, 3.8) is 0 Å². The zero-order valence-corrected chi connectivity index (χ0v) is 7.87. The molecule has 74 valence electrons. The molecule has 1 heterocycles. The minimum absolute atomic E-state index is 0.314. The summed E-state index contributed by atoms with van der Waals surface area (Å²) in [6.07, 6.45) is 0.419. The van der Waals surface area contributed by atoms with E-state index in [1.807, 2.05) is 0 Å². The Bertz CT molecular complexity index is 240. The lowest BCUT2D eigenvalue weighted by Crippen LogP contribution is -2.37. The fraction of sp³-hybridized carbons (Fsp3) is 0.750. The molecule has 0 radical (unpaired) electrons. The van der Waals surface area contributed by atoms with Gasteiger partial charge >= 0.3 is 5.97 Å². The van der Waals surface area contributed by atoms with Gasteiger partial charge in [0.2, 0.25) is 5.60 Å². The van der Waals surface area contributed by atoms with Crippen LogP contribution in [0.25, 0.3) is 0 Å². The van der Waals surface area contributed by atoms with Crippen LogP contribution in [0.2, 0.25) is 0 Å². The Labute approximate surface area is 76.9 Å². The number of nitrogens with zero attached hydrogens (tertiary/aromatic N) is 1. The van der Waals surface area contributed by atoms with Crippen LogP contribution in [0.1, 0.15) is 20.3 Å². The van der Waals surface area contributed by atoms with Crippen LogP contribution in [0.15, 0.2) is 5.16 Å². The fourth-order valence-electron chi connectivity index (χ4n) is 1.12. The number of hydrogen-bond acceptors (Lipinski definition) is 5. The molecule has 5 heteroatoms. The number of carbonyl (C=O) groups is 1. The molecule has 0 saturated heterocycles. The van der Waals surface area contributed by atoms with Crippen molar-refractivity contribution in [3.05, 3.63) is 0 Å². The van der Waals surface area contributed by atoms with Crippen LogP contribution >= 0.6 is 0 Å². The van der Waals surface area contributed by atoms with Gasteiger partial charge in [0.05, 0.1) is 12.3 Å². The maximum atomic E-state index is 11.4. The van der Waals surface area contributed by atoms with E-state index in [0.717, 1.165) is 0 Å². The van der Waals surface area contributed by atoms with Gasteiger partial charge in [0.1, 0.15) is 0 Å². The first-order valence-electron chi connectivity index (χ1n) is 4.23. The summed E-state index contributed by atoms with van der Waals surface area (Å²) in [5.74, 6) is -0.387. The SMILES string of the molecule is CCOC(=O)C1(C)CC(CN)=NO1. The molecule has 0 bridgehead atoms. The predicted molar refractivity (Wildman–Crippen MR) is 47.2 cm³/mol. The molecule has 0 saturated carbocycles. The van der Waals surface area contributed by atoms with Crippen LogP contribution in [0.5, 0.6) is 0 Å². The van der Waals surface area contributed by atoms with Gasteiger partial charge < -0.3 is 15.3 Å². The Morgan fingerprint density at radius 3 is 3.00 bits per heavy atom. The fourth-order valence-corrected chi connectivity index (χ4v) is 1.12. The summed E-state index contributed by atoms with van der Waals surface area (Å²) in [7, 11) is 0. The first-order valence-corrected chi connectivity index (χ1v) is 4.23. The Balaban J connectivity index is 2.57. The Kier molecular flexibility index (Phi) is 2.87. The minimum atomic E-state index is -0.968. The molecule has 0 aromatic rings. The summed E-state index contributed by atoms with van der Waals surface area (Å²) in [5, 5.41) is 3.70. The average molecular weight is 186 g/mol. The molecular weight excluding hydrogens is 172 g/mol. The summed E-state index contributed by atoms with van der Waals surface area (Å²) >= 11 is 0. The second-order valence-corrected chi connectivity index (χ2v) is 3.08. The number of carbonyl (C=O) groups excluding carboxylic acids is 1. The normalized spacial score (nSPS) is 26.5. The van der Waals surface area contributed by atoms with Crippen LogP contribution in [-0.4, -0.2) is 30.4 Å². The monoisotopic (exact) mass is 186 g/mol. The van der Waals surface area contributed by atoms with E-state index >= 15 is 0 Å². The molecular formula is C8H14N2O3. The highest BCUT2D eigenvalue weighted by atomic mass is 16.7. The van der Waals surface area contributed by atoms with E-state index in [0.29, 0.717) is 25.3 Å². The molecule has 1 aliphatic rings. The summed E-state index contributed by atoms with van der Waals surface area (Å²) in [6, 6.07) is 0. The average Bonchev–Trinajstić information content (AvgIpc) is 2.49. The minimum Gasteiger partial charge on any atom is -0.463 e. The van der Waals surface area contributed by atoms with Gasteiger partial charge in [-0.2, -0.15) is 0 Å². The van der Waals surface area contributed by atoms with Crippen molar-refractivity contribution in [3.8, 4) is 0 Å². The highest BCUT2D eigenvalue weighted by Gasteiger charge is 2.42. The van der Waals surface area contributed by atoms with E-state index in [4.69, 9.17) is 15.3 Å². The third-order valence-corrected chi connectivity index (χ3v) is 1.86. The van der Waals surface area contributed by atoms with Crippen molar-refractivity contribution in [2.75, 3.05) is 13.2 Å². The molecule has 0 fully saturated rings. The standard InChI is InChI=1S/C8H14N2O3/c1-3-12-7(11)8(2)4-6(5-9)10-13-8/h3-5,9H2,1-2H3. The molecule has 0 spiro atoms. The Morgan fingerprint density at radius 1 is 1.85 bits per heavy atom. The van der Waals surface area contributed by atoms with Gasteiger partial charge in [-0.15, -0.1) is 0 Å². The number of oxime groups is 1. The van der Waals surface area contributed by atoms with Gasteiger partial charge in [-0.25, -0.2) is 4.79 Å². The first kappa shape index (κ1) is 9.98. The molecule has 0 aromatic carbocycles. The molecule has 1 atom stereocenters. The molecule has 13 heavy (non-hydrogen) atoms. The number of hydrogen-bond donors (Lipinski definition) is 1. The van der Waals surface area contributed by atoms with Crippen LogP contribution in [0, 0.1) is 0 Å². The summed E-state index contributed by atoms with van der Waals surface area (Å²) < 4.78 is 4.84. The van der Waals surface area contributed by atoms with Crippen LogP contribution in [0.4, 0.5) is 0 Å². The summed E-state index contributed by atoms with van der Waals surface area (Å²) in [5.41, 5.74) is 5.09. The number of ether oxygens (including phenoxy) is 1. The number of nitrogens with two attached hydrogens (primary N) is 1. The van der Waals surface area contributed by atoms with Crippen LogP contribution in [-0.2, 0) is 14.4 Å². The smallest absolute Gasteiger partial charge is 0.353 e. The Morgan fingerprint density at radius 2 is 2.54 bits per heavy atom. The lowest BCUT2D eigenvalue weighted by molar-refractivity contribution is -0.166. The molecule has 1 aliphatic heterocycles. The zero-order chi connectivity index (χ0) is 9.90. The lowest BCUT2D eigenvalue weighted by atomic mass is 10.0. The summed E-state index contributed by atoms with van der Waals surface area (Å²) in [6.45, 7) is 4.06. The van der Waals surface area contributed by atoms with Crippen molar-refractivity contribution in [1.82, 2.24) is 0 Å². The lowest BCUT2D eigenvalue weighted by Gasteiger charge is -2.18. The highest BCUT2D eigenvalue weighted by molar-refractivity contribution is 5.94. The maximum absolute atomic E-state index is 11.4. The molecule has 5 nitrogen and oxygen atoms in total. The predicted octanol–water partition coefficient (Wildman–Crippen LogP) is 0.0432. The topological polar surface area (TPSA) is 73.9 Å². The van der Waals surface area contributed by atoms with E-state index in [1.165, 1.54) is 0 Å². The largest absolute Gasteiger partial charge is 0.463 e. The van der Waals surface area contributed by atoms with Gasteiger partial charge in [-0.1, -0.05) is 5.16 Å². The van der Waals surface area contributed by atoms with Crippen molar-refractivity contribution in [2.24, 2.45) is 10.9 Å². The van der Waals surface area contributed by atoms with E-state index in [9.17, 15) is 4.79 Å². The second kappa shape index (κ2) is 3.74. The maximum Gasteiger partial charge on any atom is 0.353 e. The number of esters is 1. The first-order chi connectivity index (χ1) is 6.12. The van der Waals surface area contributed by atoms with Gasteiger partial charge in [0.25, 0.3) is 0 Å². The van der Waals surface area contributed by atoms with Crippen molar-refractivity contribution in [2.45, 2.75) is 25.9 Å². The third-order valence-electron chi connectivity index (χ3n) is 1.86. The third kappa shape index (κ3) is 1.98. The summed E-state index contributed by atoms with van der Waals surface area (Å²) in [4.78, 5) is 16.4. The van der Waals surface area contributed by atoms with Crippen molar-refractivity contribution >= 4 is 11.7 Å². The molecule has 0 amide bonds. The quantitative estimate of drug-likeness (QED) is 0.632. The molecule has 1 rings (SSSR count). The van der Waals surface area contributed by atoms with E-state index in [-0.39, 0.29) is 5.97 Å². The number of rotatable bonds is 3. The Hall–Kier alpha value is -1.10. The van der Waals surface area contributed by atoms with E-state index in [2.05, 4.69) is 5.16 Å². The van der Waals surface area contributed by atoms with Crippen molar-refractivity contribution < 1.29 is 14.4 Å². The molecule has 0 aromatic heterocycles. The molecule has 0 aliphatic carbocycles. The van der Waals surface area contributed by atoms with Gasteiger partial charge in [0.15, 0.2) is 0 Å². The van der Waals surface area contributed by atoms with E-state index in [1.54, 1.807) is 13.8 Å². The molecule has 1 unspecified atom stereocenters. The highest BCUT2D eigenvalue weighted by Crippen LogP contribution is 2.24. The van der Waals surface area contributed by atoms with Gasteiger partial charge in [-0.05, 0) is 13.8 Å². The van der Waals surface area contributed by atoms with Crippen LogP contribution in [0.3, 0.4) is 0 Å². The van der Waals surface area contributed by atoms with Gasteiger partial charge in [0, 0.05) is 13.0 Å². The molecule has 2 N–H and O–H groups in total. The van der Waals surface area contributed by atoms with Gasteiger partial charge in [-0.3, -0.25) is 0 Å². The second-order valence-electron chi connectivity index (χ2n) is 3.08. The zero-order valence-electron chi connectivity index (χ0n) is 7.87. The van der Waals surface area contributed by atoms with Crippen molar-refractivity contribution in [1.29, 1.82) is 0 Å². The van der Waals surface area contributed by atoms with Crippen LogP contribution < -0.4 is 5.73 Å². The van der Waals surface area contributed by atoms with E-state index < -0.39 is 5.60 Å².